The quantitative estimate of drug-likeness (QED) is 0.742. The number of thiophene rings is 1. The summed E-state index contributed by atoms with van der Waals surface area (Å²) in [7, 11) is -3.53. The Bertz CT molecular complexity index is 919. The summed E-state index contributed by atoms with van der Waals surface area (Å²) >= 11 is 1.28. The Morgan fingerprint density at radius 3 is 2.57 bits per heavy atom. The van der Waals surface area contributed by atoms with E-state index in [0.29, 0.717) is 29.5 Å². The number of hydrogen-bond acceptors (Lipinski definition) is 4. The van der Waals surface area contributed by atoms with Crippen LogP contribution < -0.4 is 5.32 Å². The Morgan fingerprint density at radius 1 is 1.25 bits per heavy atom. The zero-order chi connectivity index (χ0) is 20.3. The van der Waals surface area contributed by atoms with E-state index in [0.717, 1.165) is 17.0 Å². The lowest BCUT2D eigenvalue weighted by atomic mass is 9.97. The Kier molecular flexibility index (Phi) is 6.58. The van der Waals surface area contributed by atoms with E-state index in [4.69, 9.17) is 0 Å². The molecule has 0 unspecified atom stereocenters. The molecular formula is C21H28N2O3S2. The fourth-order valence-corrected chi connectivity index (χ4v) is 6.39. The number of carbonyl (C=O) groups excluding carboxylic acids is 1. The van der Waals surface area contributed by atoms with Crippen LogP contribution in [0, 0.1) is 12.8 Å². The van der Waals surface area contributed by atoms with E-state index in [1.807, 2.05) is 37.3 Å². The van der Waals surface area contributed by atoms with Crippen molar-refractivity contribution in [2.45, 2.75) is 50.2 Å². The van der Waals surface area contributed by atoms with Gasteiger partial charge in [-0.25, -0.2) is 8.42 Å². The van der Waals surface area contributed by atoms with Gasteiger partial charge in [-0.05, 0) is 61.9 Å². The molecule has 0 spiro atoms. The van der Waals surface area contributed by atoms with Gasteiger partial charge in [-0.3, -0.25) is 4.79 Å². The highest BCUT2D eigenvalue weighted by Crippen LogP contribution is 2.29. The second-order valence-corrected chi connectivity index (χ2v) is 10.9. The van der Waals surface area contributed by atoms with Gasteiger partial charge in [0.2, 0.25) is 5.91 Å². The molecule has 7 heteroatoms. The Hall–Kier alpha value is -1.70. The van der Waals surface area contributed by atoms with Crippen LogP contribution >= 0.6 is 11.3 Å². The number of sulfonamides is 1. The lowest BCUT2D eigenvalue weighted by Crippen LogP contribution is -2.43. The van der Waals surface area contributed by atoms with Gasteiger partial charge in [0, 0.05) is 23.7 Å². The first-order valence-electron chi connectivity index (χ1n) is 9.78. The molecule has 0 bridgehead atoms. The van der Waals surface area contributed by atoms with Crippen molar-refractivity contribution in [3.63, 3.8) is 0 Å². The predicted octanol–water partition coefficient (Wildman–Crippen LogP) is 4.61. The predicted molar refractivity (Wildman–Crippen MR) is 114 cm³/mol. The molecule has 3 rings (SSSR count). The molecule has 2 heterocycles. The number of amides is 1. The average molecular weight is 421 g/mol. The van der Waals surface area contributed by atoms with Crippen molar-refractivity contribution < 1.29 is 13.2 Å². The third-order valence-electron chi connectivity index (χ3n) is 5.42. The summed E-state index contributed by atoms with van der Waals surface area (Å²) in [4.78, 5) is 13.7. The first-order valence-corrected chi connectivity index (χ1v) is 12.0. The van der Waals surface area contributed by atoms with E-state index in [1.54, 1.807) is 6.07 Å². The molecule has 28 heavy (non-hydrogen) atoms. The summed E-state index contributed by atoms with van der Waals surface area (Å²) in [6.07, 6.45) is 2.46. The molecular weight excluding hydrogens is 392 g/mol. The van der Waals surface area contributed by atoms with Crippen LogP contribution in [-0.4, -0.2) is 31.7 Å². The summed E-state index contributed by atoms with van der Waals surface area (Å²) in [5.41, 5.74) is 2.01. The molecule has 1 aromatic heterocycles. The molecule has 0 radical (unpaired) electrons. The molecule has 1 saturated heterocycles. The number of piperidine rings is 1. The lowest BCUT2D eigenvalue weighted by Gasteiger charge is -2.30. The maximum absolute atomic E-state index is 12.9. The van der Waals surface area contributed by atoms with E-state index in [2.05, 4.69) is 19.2 Å². The third kappa shape index (κ3) is 4.64. The number of hydrogen-bond donors (Lipinski definition) is 1. The van der Waals surface area contributed by atoms with Crippen LogP contribution in [0.1, 0.15) is 49.5 Å². The van der Waals surface area contributed by atoms with Crippen molar-refractivity contribution in [1.29, 1.82) is 0 Å². The highest BCUT2D eigenvalue weighted by Gasteiger charge is 2.34. The number of carbonyl (C=O) groups is 1. The normalized spacial score (nSPS) is 19.3. The van der Waals surface area contributed by atoms with Gasteiger partial charge in [0.25, 0.3) is 10.0 Å². The van der Waals surface area contributed by atoms with Gasteiger partial charge in [0.1, 0.15) is 4.21 Å². The Balaban J connectivity index is 1.66. The number of benzene rings is 1. The number of anilines is 1. The monoisotopic (exact) mass is 420 g/mol. The second-order valence-electron chi connectivity index (χ2n) is 7.49. The number of aryl methyl sites for hydroxylation is 1. The Labute approximate surface area is 171 Å². The van der Waals surface area contributed by atoms with Crippen LogP contribution in [0.2, 0.25) is 0 Å². The first kappa shape index (κ1) is 21.0. The minimum Gasteiger partial charge on any atom is -0.326 e. The zero-order valence-corrected chi connectivity index (χ0v) is 18.3. The van der Waals surface area contributed by atoms with Gasteiger partial charge in [-0.2, -0.15) is 4.31 Å². The van der Waals surface area contributed by atoms with Gasteiger partial charge >= 0.3 is 0 Å². The van der Waals surface area contributed by atoms with Crippen LogP contribution in [0.4, 0.5) is 5.69 Å². The van der Waals surface area contributed by atoms with E-state index in [9.17, 15) is 13.2 Å². The van der Waals surface area contributed by atoms with Crippen molar-refractivity contribution in [3.05, 3.63) is 46.8 Å². The molecule has 1 aliphatic heterocycles. The van der Waals surface area contributed by atoms with Crippen LogP contribution in [0.15, 0.2) is 40.6 Å². The second kappa shape index (κ2) is 8.76. The van der Waals surface area contributed by atoms with Gasteiger partial charge in [-0.15, -0.1) is 11.3 Å². The fourth-order valence-electron chi connectivity index (χ4n) is 3.43. The molecule has 1 fully saturated rings. The average Bonchev–Trinajstić information content (AvgIpc) is 3.15. The third-order valence-corrected chi connectivity index (χ3v) is 8.76. The van der Waals surface area contributed by atoms with Crippen LogP contribution in [0.3, 0.4) is 0 Å². The zero-order valence-electron chi connectivity index (χ0n) is 16.6. The number of nitrogens with zero attached hydrogens (tertiary/aromatic N) is 1. The van der Waals surface area contributed by atoms with Crippen molar-refractivity contribution in [3.8, 4) is 0 Å². The summed E-state index contributed by atoms with van der Waals surface area (Å²) in [6, 6.07) is 11.4. The van der Waals surface area contributed by atoms with E-state index >= 15 is 0 Å². The maximum atomic E-state index is 12.9. The molecule has 1 aromatic carbocycles. The van der Waals surface area contributed by atoms with Gasteiger partial charge in [-0.1, -0.05) is 26.0 Å². The highest BCUT2D eigenvalue weighted by molar-refractivity contribution is 7.91. The largest absolute Gasteiger partial charge is 0.326 e. The molecule has 1 N–H and O–H groups in total. The molecule has 5 nitrogen and oxygen atoms in total. The molecule has 1 amide bonds. The fraction of sp³-hybridized carbons (Fsp3) is 0.476. The smallest absolute Gasteiger partial charge is 0.252 e. The van der Waals surface area contributed by atoms with Crippen molar-refractivity contribution in [2.24, 2.45) is 5.92 Å². The van der Waals surface area contributed by atoms with Crippen molar-refractivity contribution in [1.82, 2.24) is 4.31 Å². The van der Waals surface area contributed by atoms with Crippen LogP contribution in [0.5, 0.6) is 0 Å². The summed E-state index contributed by atoms with van der Waals surface area (Å²) in [5.74, 6) is 0.0418. The minimum atomic E-state index is -3.53. The highest BCUT2D eigenvalue weighted by atomic mass is 32.2. The van der Waals surface area contributed by atoms with Gasteiger partial charge in [0.05, 0.1) is 5.92 Å². The minimum absolute atomic E-state index is 0.112. The van der Waals surface area contributed by atoms with E-state index < -0.39 is 10.0 Å². The maximum Gasteiger partial charge on any atom is 0.252 e. The lowest BCUT2D eigenvalue weighted by molar-refractivity contribution is -0.120. The number of nitrogens with one attached hydrogen (secondary N) is 1. The standard InChI is InChI=1S/C21H28N2O3S2/c1-4-15(2)17-8-10-19(11-9-17)22-21(24)18-6-5-13-23(14-18)28(25,26)20-12-7-16(3)27-20/h7-12,15,18H,4-6,13-14H2,1-3H3,(H,22,24)/t15-,18-/m1/s1. The summed E-state index contributed by atoms with van der Waals surface area (Å²) in [6.45, 7) is 6.92. The topological polar surface area (TPSA) is 66.5 Å². The molecule has 0 aliphatic carbocycles. The van der Waals surface area contributed by atoms with Crippen LogP contribution in [-0.2, 0) is 14.8 Å². The molecule has 0 saturated carbocycles. The SMILES string of the molecule is CC[C@@H](C)c1ccc(NC(=O)[C@@H]2CCCN(S(=O)(=O)c3ccc(C)s3)C2)cc1. The molecule has 1 aliphatic rings. The van der Waals surface area contributed by atoms with Crippen molar-refractivity contribution >= 4 is 33.0 Å². The molecule has 152 valence electrons. The van der Waals surface area contributed by atoms with Crippen LogP contribution in [0.25, 0.3) is 0 Å². The van der Waals surface area contributed by atoms with Gasteiger partial charge < -0.3 is 5.32 Å². The number of rotatable bonds is 6. The summed E-state index contributed by atoms with van der Waals surface area (Å²) in [5, 5.41) is 2.95. The molecule has 2 aromatic rings. The van der Waals surface area contributed by atoms with Crippen molar-refractivity contribution in [2.75, 3.05) is 18.4 Å². The first-order chi connectivity index (χ1) is 13.3. The Morgan fingerprint density at radius 2 is 1.96 bits per heavy atom. The van der Waals surface area contributed by atoms with E-state index in [1.165, 1.54) is 21.2 Å². The van der Waals surface area contributed by atoms with Gasteiger partial charge in [0.15, 0.2) is 0 Å². The van der Waals surface area contributed by atoms with E-state index in [-0.39, 0.29) is 18.4 Å². The molecule has 2 atom stereocenters. The summed E-state index contributed by atoms with van der Waals surface area (Å²) < 4.78 is 27.5.